The summed E-state index contributed by atoms with van der Waals surface area (Å²) in [5, 5.41) is 38.5. The quantitative estimate of drug-likeness (QED) is 0.193. The molecule has 8 N–H and O–H groups in total. The van der Waals surface area contributed by atoms with Crippen LogP contribution in [0.5, 0.6) is 0 Å². The molecule has 0 aromatic rings. The van der Waals surface area contributed by atoms with Gasteiger partial charge in [0.1, 0.15) is 18.1 Å². The molecule has 0 heterocycles. The van der Waals surface area contributed by atoms with Crippen LogP contribution in [0.3, 0.4) is 0 Å². The fraction of sp³-hybridized carbons (Fsp3) is 0.500. The van der Waals surface area contributed by atoms with E-state index in [4.69, 9.17) is 26.2 Å². The fourth-order valence-electron chi connectivity index (χ4n) is 1.55. The van der Waals surface area contributed by atoms with Crippen molar-refractivity contribution < 1.29 is 49.2 Å². The van der Waals surface area contributed by atoms with Crippen LogP contribution in [0, 0.1) is 0 Å². The number of carboxylic acid groups (broad SMARTS) is 4. The molecule has 0 saturated carbocycles. The molecule has 0 saturated heterocycles. The fourth-order valence-corrected chi connectivity index (χ4v) is 1.55. The van der Waals surface area contributed by atoms with Gasteiger partial charge in [-0.3, -0.25) is 19.2 Å². The molecule has 3 atom stereocenters. The Morgan fingerprint density at radius 2 is 1.08 bits per heavy atom. The molecule has 0 radical (unpaired) electrons. The number of amides is 2. The van der Waals surface area contributed by atoms with Crippen LogP contribution < -0.4 is 16.4 Å². The smallest absolute Gasteiger partial charge is 0.326 e. The van der Waals surface area contributed by atoms with Crippen molar-refractivity contribution in [3.8, 4) is 0 Å². The molecule has 0 aliphatic heterocycles. The van der Waals surface area contributed by atoms with Gasteiger partial charge in [0, 0.05) is 0 Å². The zero-order valence-electron chi connectivity index (χ0n) is 12.7. The Hall–Kier alpha value is -3.22. The first-order valence-corrected chi connectivity index (χ1v) is 6.68. The lowest BCUT2D eigenvalue weighted by atomic mass is 10.1. The number of carbonyl (C=O) groups is 6. The summed E-state index contributed by atoms with van der Waals surface area (Å²) in [6.45, 7) is 0. The topological polar surface area (TPSA) is 233 Å². The Kier molecular flexibility index (Phi) is 8.55. The lowest BCUT2D eigenvalue weighted by molar-refractivity contribution is -0.148. The van der Waals surface area contributed by atoms with Gasteiger partial charge in [0.15, 0.2) is 0 Å². The van der Waals surface area contributed by atoms with Gasteiger partial charge in [-0.05, 0) is 0 Å². The van der Waals surface area contributed by atoms with E-state index < -0.39 is 73.1 Å². The third-order valence-electron chi connectivity index (χ3n) is 2.76. The van der Waals surface area contributed by atoms with Gasteiger partial charge in [0.2, 0.25) is 11.8 Å². The van der Waals surface area contributed by atoms with Gasteiger partial charge in [-0.15, -0.1) is 0 Å². The van der Waals surface area contributed by atoms with Gasteiger partial charge >= 0.3 is 23.9 Å². The molecule has 0 aromatic carbocycles. The average molecular weight is 363 g/mol. The predicted molar refractivity (Wildman–Crippen MR) is 76.2 cm³/mol. The van der Waals surface area contributed by atoms with Crippen LogP contribution in [0.25, 0.3) is 0 Å². The first kappa shape index (κ1) is 21.8. The van der Waals surface area contributed by atoms with Crippen LogP contribution in [0.2, 0.25) is 0 Å². The first-order valence-electron chi connectivity index (χ1n) is 6.68. The molecule has 0 unspecified atom stereocenters. The van der Waals surface area contributed by atoms with E-state index in [1.54, 1.807) is 0 Å². The summed E-state index contributed by atoms with van der Waals surface area (Å²) in [4.78, 5) is 66.0. The van der Waals surface area contributed by atoms with Gasteiger partial charge in [0.25, 0.3) is 0 Å². The monoisotopic (exact) mass is 363 g/mol. The molecule has 140 valence electrons. The molecular weight excluding hydrogens is 346 g/mol. The second-order valence-electron chi connectivity index (χ2n) is 4.87. The van der Waals surface area contributed by atoms with Gasteiger partial charge in [-0.1, -0.05) is 0 Å². The summed E-state index contributed by atoms with van der Waals surface area (Å²) >= 11 is 0. The van der Waals surface area contributed by atoms with Crippen LogP contribution >= 0.6 is 0 Å². The first-order chi connectivity index (χ1) is 11.4. The number of nitrogens with two attached hydrogens (primary N) is 1. The van der Waals surface area contributed by atoms with Crippen molar-refractivity contribution in [2.75, 3.05) is 0 Å². The number of carboxylic acids is 4. The standard InChI is InChI=1S/C12H17N3O10/c13-4(10(20)21)1-7(16)14-5(11(22)23)2-8(17)15-6(12(24)25)3-9(18)19/h4-6H,1-3,13H2,(H,14,16)(H,15,17)(H,18,19)(H,20,21)(H,22,23)(H,24,25)/t4-,5-,6+/m0/s1. The largest absolute Gasteiger partial charge is 0.481 e. The van der Waals surface area contributed by atoms with E-state index in [-0.39, 0.29) is 0 Å². The average Bonchev–Trinajstić information content (AvgIpc) is 2.44. The number of carbonyl (C=O) groups excluding carboxylic acids is 2. The molecule has 0 aromatic heterocycles. The normalized spacial score (nSPS) is 13.8. The van der Waals surface area contributed by atoms with E-state index in [9.17, 15) is 28.8 Å². The van der Waals surface area contributed by atoms with Crippen LogP contribution in [-0.4, -0.2) is 74.2 Å². The highest BCUT2D eigenvalue weighted by Crippen LogP contribution is 1.99. The van der Waals surface area contributed by atoms with E-state index in [0.717, 1.165) is 0 Å². The van der Waals surface area contributed by atoms with Crippen molar-refractivity contribution in [2.45, 2.75) is 37.4 Å². The van der Waals surface area contributed by atoms with E-state index in [0.29, 0.717) is 0 Å². The maximum atomic E-state index is 11.7. The number of rotatable bonds is 11. The SMILES string of the molecule is N[C@@H](CC(=O)N[C@@H](CC(=O)N[C@H](CC(=O)O)C(=O)O)C(=O)O)C(=O)O. The highest BCUT2D eigenvalue weighted by molar-refractivity contribution is 5.92. The van der Waals surface area contributed by atoms with Crippen LogP contribution in [0.15, 0.2) is 0 Å². The van der Waals surface area contributed by atoms with Crippen molar-refractivity contribution in [3.63, 3.8) is 0 Å². The lowest BCUT2D eigenvalue weighted by Gasteiger charge is -2.17. The molecule has 0 aliphatic rings. The third kappa shape index (κ3) is 8.85. The Balaban J connectivity index is 4.79. The minimum atomic E-state index is -1.78. The number of nitrogens with one attached hydrogen (secondary N) is 2. The maximum absolute atomic E-state index is 11.7. The van der Waals surface area contributed by atoms with Gasteiger partial charge in [-0.2, -0.15) is 0 Å². The Bertz CT molecular complexity index is 575. The molecule has 0 spiro atoms. The van der Waals surface area contributed by atoms with E-state index in [1.165, 1.54) is 0 Å². The summed E-state index contributed by atoms with van der Waals surface area (Å²) in [7, 11) is 0. The lowest BCUT2D eigenvalue weighted by Crippen LogP contribution is -2.49. The molecular formula is C12H17N3O10. The second kappa shape index (κ2) is 9.82. The van der Waals surface area contributed by atoms with Crippen LogP contribution in [-0.2, 0) is 28.8 Å². The van der Waals surface area contributed by atoms with Crippen LogP contribution in [0.1, 0.15) is 19.3 Å². The minimum Gasteiger partial charge on any atom is -0.481 e. The summed E-state index contributed by atoms with van der Waals surface area (Å²) in [6, 6.07) is -5.14. The molecule has 0 bridgehead atoms. The summed E-state index contributed by atoms with van der Waals surface area (Å²) < 4.78 is 0. The minimum absolute atomic E-state index is 0.739. The number of hydrogen-bond donors (Lipinski definition) is 7. The zero-order valence-corrected chi connectivity index (χ0v) is 12.7. The van der Waals surface area contributed by atoms with Gasteiger partial charge < -0.3 is 36.8 Å². The Morgan fingerprint density at radius 3 is 1.44 bits per heavy atom. The molecule has 2 amide bonds. The summed E-state index contributed by atoms with van der Waals surface area (Å²) in [5.74, 6) is -8.45. The zero-order chi connectivity index (χ0) is 19.7. The van der Waals surface area contributed by atoms with Crippen LogP contribution in [0.4, 0.5) is 0 Å². The molecule has 13 heteroatoms. The highest BCUT2D eigenvalue weighted by atomic mass is 16.4. The molecule has 0 rings (SSSR count). The highest BCUT2D eigenvalue weighted by Gasteiger charge is 2.28. The van der Waals surface area contributed by atoms with E-state index in [1.807, 2.05) is 10.6 Å². The van der Waals surface area contributed by atoms with E-state index in [2.05, 4.69) is 0 Å². The third-order valence-corrected chi connectivity index (χ3v) is 2.76. The van der Waals surface area contributed by atoms with Crippen molar-refractivity contribution >= 4 is 35.7 Å². The maximum Gasteiger partial charge on any atom is 0.326 e. The number of aliphatic carboxylic acids is 4. The van der Waals surface area contributed by atoms with Gasteiger partial charge in [-0.25, -0.2) is 9.59 Å². The summed E-state index contributed by atoms with van der Waals surface area (Å²) in [5.41, 5.74) is 5.11. The number of hydrogen-bond acceptors (Lipinski definition) is 7. The summed E-state index contributed by atoms with van der Waals surface area (Å²) in [6.07, 6.45) is -2.57. The van der Waals surface area contributed by atoms with Crippen molar-refractivity contribution in [2.24, 2.45) is 5.73 Å². The molecule has 13 nitrogen and oxygen atoms in total. The van der Waals surface area contributed by atoms with Crippen molar-refractivity contribution in [1.82, 2.24) is 10.6 Å². The molecule has 0 aliphatic carbocycles. The predicted octanol–water partition coefficient (Wildman–Crippen LogP) is -3.21. The van der Waals surface area contributed by atoms with Crippen molar-refractivity contribution in [1.29, 1.82) is 0 Å². The second-order valence-corrected chi connectivity index (χ2v) is 4.87. The molecule has 25 heavy (non-hydrogen) atoms. The van der Waals surface area contributed by atoms with E-state index >= 15 is 0 Å². The Morgan fingerprint density at radius 1 is 0.680 bits per heavy atom. The molecule has 0 fully saturated rings. The van der Waals surface area contributed by atoms with Crippen molar-refractivity contribution in [3.05, 3.63) is 0 Å². The Labute approximate surface area is 139 Å². The van der Waals surface area contributed by atoms with Gasteiger partial charge in [0.05, 0.1) is 19.3 Å².